The molecular weight excluding hydrogens is 184 g/mol. The van der Waals surface area contributed by atoms with Gasteiger partial charge in [0.2, 0.25) is 0 Å². The van der Waals surface area contributed by atoms with Crippen LogP contribution in [-0.2, 0) is 0 Å². The largest absolute Gasteiger partial charge is 0.396 e. The van der Waals surface area contributed by atoms with E-state index in [2.05, 4.69) is 0 Å². The normalized spacial score (nSPS) is 10.9. The molecule has 0 heterocycles. The Kier molecular flexibility index (Phi) is 4.58. The quantitative estimate of drug-likeness (QED) is 0.734. The SMILES string of the molecule is OCCC/C=C/c1cccc(Cl)c1. The zero-order valence-corrected chi connectivity index (χ0v) is 8.17. The van der Waals surface area contributed by atoms with Crippen molar-refractivity contribution in [2.24, 2.45) is 0 Å². The Labute approximate surface area is 83.7 Å². The Morgan fingerprint density at radius 1 is 1.38 bits per heavy atom. The third-order valence-electron chi connectivity index (χ3n) is 1.69. The van der Waals surface area contributed by atoms with Crippen LogP contribution in [0, 0.1) is 0 Å². The van der Waals surface area contributed by atoms with Gasteiger partial charge in [-0.15, -0.1) is 0 Å². The Bertz CT molecular complexity index is 281. The highest BCUT2D eigenvalue weighted by atomic mass is 35.5. The molecule has 0 fully saturated rings. The third-order valence-corrected chi connectivity index (χ3v) is 1.92. The lowest BCUT2D eigenvalue weighted by Crippen LogP contribution is -1.78. The molecule has 1 nitrogen and oxygen atoms in total. The highest BCUT2D eigenvalue weighted by molar-refractivity contribution is 6.30. The Morgan fingerprint density at radius 3 is 2.92 bits per heavy atom. The molecule has 0 saturated carbocycles. The molecule has 0 unspecified atom stereocenters. The first-order valence-corrected chi connectivity index (χ1v) is 4.73. The molecular formula is C11H13ClO. The minimum absolute atomic E-state index is 0.250. The third kappa shape index (κ3) is 4.11. The number of hydrogen-bond donors (Lipinski definition) is 1. The second-order valence-electron chi connectivity index (χ2n) is 2.82. The van der Waals surface area contributed by atoms with Crippen molar-refractivity contribution in [3.8, 4) is 0 Å². The molecule has 0 aliphatic rings. The molecule has 0 aromatic heterocycles. The van der Waals surface area contributed by atoms with Crippen molar-refractivity contribution in [1.29, 1.82) is 0 Å². The highest BCUT2D eigenvalue weighted by Gasteiger charge is 1.87. The Hall–Kier alpha value is -0.790. The molecule has 1 aromatic rings. The minimum Gasteiger partial charge on any atom is -0.396 e. The first-order chi connectivity index (χ1) is 6.33. The molecule has 1 N–H and O–H groups in total. The average molecular weight is 197 g/mol. The zero-order valence-electron chi connectivity index (χ0n) is 7.41. The number of aliphatic hydroxyl groups is 1. The van der Waals surface area contributed by atoms with Gasteiger partial charge < -0.3 is 5.11 Å². The molecule has 0 amide bonds. The van der Waals surface area contributed by atoms with Gasteiger partial charge in [-0.1, -0.05) is 35.9 Å². The molecule has 2 heteroatoms. The van der Waals surface area contributed by atoms with Crippen LogP contribution in [0.5, 0.6) is 0 Å². The summed E-state index contributed by atoms with van der Waals surface area (Å²) in [6.07, 6.45) is 5.78. The zero-order chi connectivity index (χ0) is 9.52. The molecule has 13 heavy (non-hydrogen) atoms. The number of hydrogen-bond acceptors (Lipinski definition) is 1. The van der Waals surface area contributed by atoms with Gasteiger partial charge in [-0.05, 0) is 30.5 Å². The van der Waals surface area contributed by atoms with Crippen LogP contribution >= 0.6 is 11.6 Å². The number of benzene rings is 1. The number of aliphatic hydroxyl groups excluding tert-OH is 1. The van der Waals surface area contributed by atoms with Gasteiger partial charge in [0.05, 0.1) is 0 Å². The summed E-state index contributed by atoms with van der Waals surface area (Å²) in [5.41, 5.74) is 1.10. The fraction of sp³-hybridized carbons (Fsp3) is 0.273. The van der Waals surface area contributed by atoms with Gasteiger partial charge in [0, 0.05) is 11.6 Å². The fourth-order valence-corrected chi connectivity index (χ4v) is 1.24. The highest BCUT2D eigenvalue weighted by Crippen LogP contribution is 2.12. The van der Waals surface area contributed by atoms with Crippen molar-refractivity contribution in [2.45, 2.75) is 12.8 Å². The van der Waals surface area contributed by atoms with Gasteiger partial charge in [-0.25, -0.2) is 0 Å². The molecule has 0 aliphatic carbocycles. The minimum atomic E-state index is 0.250. The van der Waals surface area contributed by atoms with E-state index in [0.29, 0.717) is 0 Å². The second-order valence-corrected chi connectivity index (χ2v) is 3.26. The molecule has 0 atom stereocenters. The summed E-state index contributed by atoms with van der Waals surface area (Å²) in [5.74, 6) is 0. The first-order valence-electron chi connectivity index (χ1n) is 4.36. The molecule has 0 spiro atoms. The number of halogens is 1. The standard InChI is InChI=1S/C11H13ClO/c12-11-7-4-6-10(9-11)5-2-1-3-8-13/h2,4-7,9,13H,1,3,8H2/b5-2+. The van der Waals surface area contributed by atoms with E-state index < -0.39 is 0 Å². The van der Waals surface area contributed by atoms with Crippen molar-refractivity contribution in [3.05, 3.63) is 40.9 Å². The lowest BCUT2D eigenvalue weighted by atomic mass is 10.2. The van der Waals surface area contributed by atoms with Crippen molar-refractivity contribution >= 4 is 17.7 Å². The summed E-state index contributed by atoms with van der Waals surface area (Å²) < 4.78 is 0. The summed E-state index contributed by atoms with van der Waals surface area (Å²) in [4.78, 5) is 0. The number of allylic oxidation sites excluding steroid dienone is 1. The number of unbranched alkanes of at least 4 members (excludes halogenated alkanes) is 1. The van der Waals surface area contributed by atoms with E-state index >= 15 is 0 Å². The van der Waals surface area contributed by atoms with Gasteiger partial charge in [0.15, 0.2) is 0 Å². The maximum Gasteiger partial charge on any atom is 0.0433 e. The summed E-state index contributed by atoms with van der Waals surface area (Å²) >= 11 is 5.81. The van der Waals surface area contributed by atoms with Crippen molar-refractivity contribution in [2.75, 3.05) is 6.61 Å². The smallest absolute Gasteiger partial charge is 0.0433 e. The van der Waals surface area contributed by atoms with Gasteiger partial charge in [-0.2, -0.15) is 0 Å². The van der Waals surface area contributed by atoms with E-state index in [1.54, 1.807) is 0 Å². The first kappa shape index (κ1) is 10.3. The van der Waals surface area contributed by atoms with Gasteiger partial charge in [-0.3, -0.25) is 0 Å². The molecule has 1 rings (SSSR count). The van der Waals surface area contributed by atoms with Gasteiger partial charge in [0.25, 0.3) is 0 Å². The van der Waals surface area contributed by atoms with E-state index in [1.807, 2.05) is 36.4 Å². The molecule has 0 saturated heterocycles. The maximum absolute atomic E-state index is 8.55. The summed E-state index contributed by atoms with van der Waals surface area (Å²) in [6, 6.07) is 7.69. The van der Waals surface area contributed by atoms with Crippen LogP contribution in [0.3, 0.4) is 0 Å². The van der Waals surface area contributed by atoms with Crippen molar-refractivity contribution < 1.29 is 5.11 Å². The Morgan fingerprint density at radius 2 is 2.23 bits per heavy atom. The fourth-order valence-electron chi connectivity index (χ4n) is 1.04. The van der Waals surface area contributed by atoms with E-state index in [9.17, 15) is 0 Å². The predicted molar refractivity (Wildman–Crippen MR) is 56.8 cm³/mol. The van der Waals surface area contributed by atoms with E-state index in [1.165, 1.54) is 0 Å². The van der Waals surface area contributed by atoms with Gasteiger partial charge >= 0.3 is 0 Å². The molecule has 0 radical (unpaired) electrons. The van der Waals surface area contributed by atoms with Crippen LogP contribution in [0.2, 0.25) is 5.02 Å². The van der Waals surface area contributed by atoms with Gasteiger partial charge in [0.1, 0.15) is 0 Å². The van der Waals surface area contributed by atoms with Crippen LogP contribution in [-0.4, -0.2) is 11.7 Å². The lowest BCUT2D eigenvalue weighted by Gasteiger charge is -1.93. The van der Waals surface area contributed by atoms with Crippen molar-refractivity contribution in [1.82, 2.24) is 0 Å². The summed E-state index contributed by atoms with van der Waals surface area (Å²) in [7, 11) is 0. The van der Waals surface area contributed by atoms with Crippen LogP contribution < -0.4 is 0 Å². The monoisotopic (exact) mass is 196 g/mol. The van der Waals surface area contributed by atoms with Crippen LogP contribution in [0.15, 0.2) is 30.3 Å². The van der Waals surface area contributed by atoms with E-state index in [0.717, 1.165) is 23.4 Å². The number of rotatable bonds is 4. The summed E-state index contributed by atoms with van der Waals surface area (Å²) in [5, 5.41) is 9.31. The molecule has 70 valence electrons. The molecule has 0 bridgehead atoms. The Balaban J connectivity index is 2.48. The molecule has 0 aliphatic heterocycles. The van der Waals surface area contributed by atoms with Crippen LogP contribution in [0.25, 0.3) is 6.08 Å². The topological polar surface area (TPSA) is 20.2 Å². The van der Waals surface area contributed by atoms with E-state index in [4.69, 9.17) is 16.7 Å². The average Bonchev–Trinajstić information content (AvgIpc) is 2.13. The van der Waals surface area contributed by atoms with Crippen LogP contribution in [0.1, 0.15) is 18.4 Å². The van der Waals surface area contributed by atoms with Crippen molar-refractivity contribution in [3.63, 3.8) is 0 Å². The predicted octanol–water partition coefficient (Wildman–Crippen LogP) is 3.13. The second kappa shape index (κ2) is 5.79. The molecule has 1 aromatic carbocycles. The summed E-state index contributed by atoms with van der Waals surface area (Å²) in [6.45, 7) is 0.250. The van der Waals surface area contributed by atoms with E-state index in [-0.39, 0.29) is 6.61 Å². The van der Waals surface area contributed by atoms with Crippen LogP contribution in [0.4, 0.5) is 0 Å². The maximum atomic E-state index is 8.55. The lowest BCUT2D eigenvalue weighted by molar-refractivity contribution is 0.290.